The molecule has 4 heteroatoms. The van der Waals surface area contributed by atoms with Crippen LogP contribution in [0, 0.1) is 12.8 Å². The molecule has 22 heavy (non-hydrogen) atoms. The average Bonchev–Trinajstić information content (AvgIpc) is 3.16. The second kappa shape index (κ2) is 5.11. The maximum absolute atomic E-state index is 12.9. The van der Waals surface area contributed by atoms with E-state index < -0.39 is 0 Å². The summed E-state index contributed by atoms with van der Waals surface area (Å²) in [7, 11) is 0. The Bertz CT molecular complexity index is 623. The topological polar surface area (TPSA) is 40.6 Å². The van der Waals surface area contributed by atoms with E-state index in [2.05, 4.69) is 4.90 Å². The maximum Gasteiger partial charge on any atom is 0.254 e. The molecule has 3 aliphatic rings. The van der Waals surface area contributed by atoms with Gasteiger partial charge in [-0.15, -0.1) is 0 Å². The van der Waals surface area contributed by atoms with Crippen LogP contribution >= 0.6 is 0 Å². The van der Waals surface area contributed by atoms with E-state index >= 15 is 0 Å². The Hall–Kier alpha value is -1.84. The molecule has 1 aliphatic carbocycles. The van der Waals surface area contributed by atoms with Crippen molar-refractivity contribution in [2.24, 2.45) is 5.92 Å². The van der Waals surface area contributed by atoms with Crippen molar-refractivity contribution in [2.75, 3.05) is 13.1 Å². The third-order valence-corrected chi connectivity index (χ3v) is 5.40. The minimum Gasteiger partial charge on any atom is -0.337 e. The molecule has 0 radical (unpaired) electrons. The van der Waals surface area contributed by atoms with Crippen LogP contribution in [0.25, 0.3) is 0 Å². The molecule has 1 saturated carbocycles. The van der Waals surface area contributed by atoms with E-state index in [9.17, 15) is 9.59 Å². The van der Waals surface area contributed by atoms with Crippen molar-refractivity contribution in [1.29, 1.82) is 0 Å². The molecule has 3 fully saturated rings. The van der Waals surface area contributed by atoms with E-state index in [4.69, 9.17) is 0 Å². The van der Waals surface area contributed by atoms with Crippen LogP contribution in [0.4, 0.5) is 0 Å². The summed E-state index contributed by atoms with van der Waals surface area (Å²) in [4.78, 5) is 29.2. The Morgan fingerprint density at radius 2 is 1.95 bits per heavy atom. The van der Waals surface area contributed by atoms with Gasteiger partial charge in [-0.25, -0.2) is 0 Å². The number of nitrogens with zero attached hydrogens (tertiary/aromatic N) is 2. The van der Waals surface area contributed by atoms with Crippen LogP contribution in [-0.4, -0.2) is 46.8 Å². The smallest absolute Gasteiger partial charge is 0.254 e. The fourth-order valence-corrected chi connectivity index (χ4v) is 3.96. The van der Waals surface area contributed by atoms with Crippen LogP contribution in [0.1, 0.15) is 41.6 Å². The molecule has 116 valence electrons. The SMILES string of the molecule is Cc1ccccc1C(=O)N1CC[C@H]2[C@H]1CC(=O)N2CC1CC1. The lowest BCUT2D eigenvalue weighted by Crippen LogP contribution is -2.40. The monoisotopic (exact) mass is 298 g/mol. The Morgan fingerprint density at radius 1 is 1.18 bits per heavy atom. The highest BCUT2D eigenvalue weighted by molar-refractivity contribution is 5.96. The number of carbonyl (C=O) groups excluding carboxylic acids is 2. The summed E-state index contributed by atoms with van der Waals surface area (Å²) < 4.78 is 0. The van der Waals surface area contributed by atoms with Crippen molar-refractivity contribution in [3.8, 4) is 0 Å². The van der Waals surface area contributed by atoms with E-state index in [1.165, 1.54) is 12.8 Å². The number of likely N-dealkylation sites (tertiary alicyclic amines) is 2. The van der Waals surface area contributed by atoms with Gasteiger partial charge in [-0.2, -0.15) is 0 Å². The average molecular weight is 298 g/mol. The summed E-state index contributed by atoms with van der Waals surface area (Å²) in [6, 6.07) is 8.06. The Morgan fingerprint density at radius 3 is 2.68 bits per heavy atom. The molecule has 4 nitrogen and oxygen atoms in total. The van der Waals surface area contributed by atoms with Crippen molar-refractivity contribution in [2.45, 2.75) is 44.7 Å². The number of amides is 2. The number of hydrogen-bond donors (Lipinski definition) is 0. The molecule has 0 bridgehead atoms. The van der Waals surface area contributed by atoms with Gasteiger partial charge in [0.15, 0.2) is 0 Å². The number of rotatable bonds is 3. The van der Waals surface area contributed by atoms with Crippen LogP contribution in [0.2, 0.25) is 0 Å². The quantitative estimate of drug-likeness (QED) is 0.858. The summed E-state index contributed by atoms with van der Waals surface area (Å²) >= 11 is 0. The van der Waals surface area contributed by atoms with Gasteiger partial charge in [-0.1, -0.05) is 18.2 Å². The van der Waals surface area contributed by atoms with E-state index in [0.717, 1.165) is 30.6 Å². The minimum absolute atomic E-state index is 0.0818. The molecular formula is C18H22N2O2. The van der Waals surface area contributed by atoms with Gasteiger partial charge in [-0.3, -0.25) is 9.59 Å². The molecule has 0 aromatic heterocycles. The van der Waals surface area contributed by atoms with Crippen LogP contribution < -0.4 is 0 Å². The minimum atomic E-state index is 0.0818. The van der Waals surface area contributed by atoms with Crippen LogP contribution in [-0.2, 0) is 4.79 Å². The van der Waals surface area contributed by atoms with Gasteiger partial charge >= 0.3 is 0 Å². The van der Waals surface area contributed by atoms with Gasteiger partial charge in [0.1, 0.15) is 0 Å². The van der Waals surface area contributed by atoms with Gasteiger partial charge in [0.2, 0.25) is 5.91 Å². The van der Waals surface area contributed by atoms with Crippen molar-refractivity contribution >= 4 is 11.8 Å². The van der Waals surface area contributed by atoms with Gasteiger partial charge in [0.25, 0.3) is 5.91 Å². The molecule has 2 amide bonds. The number of benzene rings is 1. The van der Waals surface area contributed by atoms with Crippen molar-refractivity contribution < 1.29 is 9.59 Å². The first-order valence-corrected chi connectivity index (χ1v) is 8.31. The largest absolute Gasteiger partial charge is 0.337 e. The molecule has 2 atom stereocenters. The van der Waals surface area contributed by atoms with Crippen molar-refractivity contribution in [3.05, 3.63) is 35.4 Å². The third-order valence-electron chi connectivity index (χ3n) is 5.40. The standard InChI is InChI=1S/C18H22N2O2/c1-12-4-2-3-5-14(12)18(22)19-9-8-15-16(19)10-17(21)20(15)11-13-6-7-13/h2-5,13,15-16H,6-11H2,1H3/t15-,16+/m0/s1. The van der Waals surface area contributed by atoms with E-state index in [-0.39, 0.29) is 23.9 Å². The molecule has 0 unspecified atom stereocenters. The number of carbonyl (C=O) groups is 2. The van der Waals surface area contributed by atoms with E-state index in [1.54, 1.807) is 0 Å². The molecule has 2 aliphatic heterocycles. The molecule has 2 heterocycles. The predicted molar refractivity (Wildman–Crippen MR) is 83.5 cm³/mol. The first kappa shape index (κ1) is 13.8. The van der Waals surface area contributed by atoms with Crippen LogP contribution in [0.5, 0.6) is 0 Å². The fourth-order valence-electron chi connectivity index (χ4n) is 3.96. The van der Waals surface area contributed by atoms with Crippen molar-refractivity contribution in [3.63, 3.8) is 0 Å². The van der Waals surface area contributed by atoms with Gasteiger partial charge in [0, 0.05) is 25.1 Å². The summed E-state index contributed by atoms with van der Waals surface area (Å²) in [5.41, 5.74) is 1.78. The predicted octanol–water partition coefficient (Wildman–Crippen LogP) is 2.22. The first-order chi connectivity index (χ1) is 10.6. The van der Waals surface area contributed by atoms with Gasteiger partial charge < -0.3 is 9.80 Å². The Kier molecular flexibility index (Phi) is 3.21. The Balaban J connectivity index is 1.54. The molecule has 0 spiro atoms. The van der Waals surface area contributed by atoms with E-state index in [1.807, 2.05) is 36.1 Å². The highest BCUT2D eigenvalue weighted by atomic mass is 16.2. The third kappa shape index (κ3) is 2.21. The zero-order valence-corrected chi connectivity index (χ0v) is 13.0. The van der Waals surface area contributed by atoms with Gasteiger partial charge in [0.05, 0.1) is 12.1 Å². The Labute approximate surface area is 131 Å². The first-order valence-electron chi connectivity index (χ1n) is 8.31. The summed E-state index contributed by atoms with van der Waals surface area (Å²) in [5, 5.41) is 0. The summed E-state index contributed by atoms with van der Waals surface area (Å²) in [5.74, 6) is 1.04. The molecule has 0 N–H and O–H groups in total. The lowest BCUT2D eigenvalue weighted by atomic mass is 10.1. The normalized spacial score (nSPS) is 27.4. The number of hydrogen-bond acceptors (Lipinski definition) is 2. The second-order valence-electron chi connectivity index (χ2n) is 6.93. The zero-order chi connectivity index (χ0) is 15.3. The molecule has 4 rings (SSSR count). The molecule has 1 aromatic carbocycles. The number of fused-ring (bicyclic) bond motifs is 1. The van der Waals surface area contributed by atoms with Gasteiger partial charge in [-0.05, 0) is 43.7 Å². The molecule has 2 saturated heterocycles. The summed E-state index contributed by atoms with van der Waals surface area (Å²) in [6.45, 7) is 3.66. The van der Waals surface area contributed by atoms with E-state index in [0.29, 0.717) is 12.3 Å². The van der Waals surface area contributed by atoms with Crippen molar-refractivity contribution in [1.82, 2.24) is 9.80 Å². The molecular weight excluding hydrogens is 276 g/mol. The highest BCUT2D eigenvalue weighted by Gasteiger charge is 2.49. The second-order valence-corrected chi connectivity index (χ2v) is 6.93. The fraction of sp³-hybridized carbons (Fsp3) is 0.556. The maximum atomic E-state index is 12.9. The van der Waals surface area contributed by atoms with Crippen LogP contribution in [0.15, 0.2) is 24.3 Å². The highest BCUT2D eigenvalue weighted by Crippen LogP contribution is 2.38. The lowest BCUT2D eigenvalue weighted by Gasteiger charge is -2.25. The van der Waals surface area contributed by atoms with Crippen LogP contribution in [0.3, 0.4) is 0 Å². The lowest BCUT2D eigenvalue weighted by molar-refractivity contribution is -0.129. The molecule has 1 aromatic rings. The zero-order valence-electron chi connectivity index (χ0n) is 13.0. The number of aryl methyl sites for hydroxylation is 1. The summed E-state index contributed by atoms with van der Waals surface area (Å²) in [6.07, 6.45) is 3.95.